The highest BCUT2D eigenvalue weighted by Gasteiger charge is 2.28. The zero-order chi connectivity index (χ0) is 16.2. The van der Waals surface area contributed by atoms with Gasteiger partial charge < -0.3 is 16.0 Å². The Balaban J connectivity index is 0.00000208. The van der Waals surface area contributed by atoms with Crippen LogP contribution in [0.5, 0.6) is 0 Å². The minimum atomic E-state index is -0.0888. The molecule has 1 aliphatic carbocycles. The van der Waals surface area contributed by atoms with Gasteiger partial charge in [-0.05, 0) is 30.9 Å². The highest BCUT2D eigenvalue weighted by Crippen LogP contribution is 2.34. The molecule has 0 radical (unpaired) electrons. The van der Waals surface area contributed by atoms with E-state index >= 15 is 0 Å². The number of nitrogens with zero attached hydrogens (tertiary/aromatic N) is 1. The maximum atomic E-state index is 12.4. The maximum absolute atomic E-state index is 12.4. The Morgan fingerprint density at radius 1 is 1.29 bits per heavy atom. The zero-order valence-electron chi connectivity index (χ0n) is 13.6. The summed E-state index contributed by atoms with van der Waals surface area (Å²) in [6, 6.07) is 7.98. The standard InChI is InChI=1S/C17H23N3O2S.ClH/c18-13(12-5-6-12)11-19-16(21)7-8-17(22)20-9-10-23-15-4-2-1-3-14(15)20;/h1-4,12-13H,5-11,18H2,(H,19,21);1H. The van der Waals surface area contributed by atoms with E-state index in [1.165, 1.54) is 12.8 Å². The Labute approximate surface area is 153 Å². The van der Waals surface area contributed by atoms with Crippen LogP contribution in [0.3, 0.4) is 0 Å². The Morgan fingerprint density at radius 3 is 2.79 bits per heavy atom. The molecule has 5 nitrogen and oxygen atoms in total. The molecule has 0 spiro atoms. The van der Waals surface area contributed by atoms with Crippen molar-refractivity contribution in [2.75, 3.05) is 23.7 Å². The molecule has 1 atom stereocenters. The van der Waals surface area contributed by atoms with Crippen LogP contribution in [0.25, 0.3) is 0 Å². The second kappa shape index (κ2) is 8.74. The summed E-state index contributed by atoms with van der Waals surface area (Å²) in [5.74, 6) is 1.39. The molecule has 1 aliphatic heterocycles. The van der Waals surface area contributed by atoms with Gasteiger partial charge in [0.1, 0.15) is 0 Å². The fourth-order valence-corrected chi connectivity index (χ4v) is 3.79. The number of fused-ring (bicyclic) bond motifs is 1. The molecule has 1 saturated carbocycles. The predicted octanol–water partition coefficient (Wildman–Crippen LogP) is 2.18. The molecular formula is C17H24ClN3O2S. The van der Waals surface area contributed by atoms with E-state index in [1.54, 1.807) is 16.7 Å². The summed E-state index contributed by atoms with van der Waals surface area (Å²) in [7, 11) is 0. The number of anilines is 1. The van der Waals surface area contributed by atoms with Gasteiger partial charge in [-0.2, -0.15) is 0 Å². The summed E-state index contributed by atoms with van der Waals surface area (Å²) in [5.41, 5.74) is 6.92. The summed E-state index contributed by atoms with van der Waals surface area (Å²) in [6.45, 7) is 1.22. The van der Waals surface area contributed by atoms with Gasteiger partial charge in [-0.15, -0.1) is 24.2 Å². The van der Waals surface area contributed by atoms with Gasteiger partial charge in [0.15, 0.2) is 0 Å². The van der Waals surface area contributed by atoms with Crippen LogP contribution in [0.4, 0.5) is 5.69 Å². The lowest BCUT2D eigenvalue weighted by molar-refractivity contribution is -0.125. The van der Waals surface area contributed by atoms with Gasteiger partial charge in [0.25, 0.3) is 0 Å². The lowest BCUT2D eigenvalue weighted by atomic mass is 10.2. The number of thioether (sulfide) groups is 1. The zero-order valence-corrected chi connectivity index (χ0v) is 15.2. The van der Waals surface area contributed by atoms with Crippen molar-refractivity contribution in [2.24, 2.45) is 11.7 Å². The molecule has 132 valence electrons. The average Bonchev–Trinajstić information content (AvgIpc) is 3.42. The summed E-state index contributed by atoms with van der Waals surface area (Å²) in [6.07, 6.45) is 2.80. The lowest BCUT2D eigenvalue weighted by Gasteiger charge is -2.29. The number of para-hydroxylation sites is 1. The Morgan fingerprint density at radius 2 is 2.04 bits per heavy atom. The number of nitrogens with two attached hydrogens (primary N) is 1. The van der Waals surface area contributed by atoms with Crippen molar-refractivity contribution in [3.63, 3.8) is 0 Å². The third kappa shape index (κ3) is 4.88. The molecule has 24 heavy (non-hydrogen) atoms. The third-order valence-corrected chi connectivity index (χ3v) is 5.40. The minimum absolute atomic E-state index is 0. The highest BCUT2D eigenvalue weighted by molar-refractivity contribution is 7.99. The normalized spacial score (nSPS) is 17.5. The van der Waals surface area contributed by atoms with Crippen LogP contribution < -0.4 is 16.0 Å². The molecular weight excluding hydrogens is 346 g/mol. The van der Waals surface area contributed by atoms with Crippen LogP contribution in [-0.2, 0) is 9.59 Å². The quantitative estimate of drug-likeness (QED) is 0.805. The number of hydrogen-bond donors (Lipinski definition) is 2. The first-order valence-corrected chi connectivity index (χ1v) is 9.18. The predicted molar refractivity (Wildman–Crippen MR) is 99.7 cm³/mol. The van der Waals surface area contributed by atoms with Gasteiger partial charge in [-0.1, -0.05) is 12.1 Å². The van der Waals surface area contributed by atoms with Crippen molar-refractivity contribution in [1.82, 2.24) is 5.32 Å². The molecule has 1 fully saturated rings. The summed E-state index contributed by atoms with van der Waals surface area (Å²) >= 11 is 1.77. The number of amides is 2. The number of halogens is 1. The molecule has 2 aliphatic rings. The van der Waals surface area contributed by atoms with Gasteiger partial charge in [0, 0.05) is 42.6 Å². The Hall–Kier alpha value is -1.24. The maximum Gasteiger partial charge on any atom is 0.227 e. The summed E-state index contributed by atoms with van der Waals surface area (Å²) in [5, 5.41) is 2.84. The van der Waals surface area contributed by atoms with Crippen molar-refractivity contribution in [2.45, 2.75) is 36.6 Å². The van der Waals surface area contributed by atoms with Crippen molar-refractivity contribution in [1.29, 1.82) is 0 Å². The van der Waals surface area contributed by atoms with Crippen molar-refractivity contribution >= 4 is 41.7 Å². The van der Waals surface area contributed by atoms with Crippen LogP contribution in [0, 0.1) is 5.92 Å². The molecule has 7 heteroatoms. The van der Waals surface area contributed by atoms with Crippen LogP contribution in [0.1, 0.15) is 25.7 Å². The van der Waals surface area contributed by atoms with Crippen LogP contribution in [0.15, 0.2) is 29.2 Å². The smallest absolute Gasteiger partial charge is 0.227 e. The van der Waals surface area contributed by atoms with Crippen LogP contribution in [0.2, 0.25) is 0 Å². The monoisotopic (exact) mass is 369 g/mol. The van der Waals surface area contributed by atoms with Crippen molar-refractivity contribution in [3.8, 4) is 0 Å². The average molecular weight is 370 g/mol. The second-order valence-electron chi connectivity index (χ2n) is 6.17. The number of carbonyl (C=O) groups is 2. The molecule has 1 heterocycles. The molecule has 0 saturated heterocycles. The van der Waals surface area contributed by atoms with E-state index in [9.17, 15) is 9.59 Å². The van der Waals surface area contributed by atoms with E-state index in [-0.39, 0.29) is 43.1 Å². The summed E-state index contributed by atoms with van der Waals surface area (Å²) < 4.78 is 0. The van der Waals surface area contributed by atoms with E-state index in [4.69, 9.17) is 5.73 Å². The topological polar surface area (TPSA) is 75.4 Å². The Bertz CT molecular complexity index is 595. The number of nitrogens with one attached hydrogen (secondary N) is 1. The van der Waals surface area contributed by atoms with E-state index in [1.807, 2.05) is 24.3 Å². The number of rotatable bonds is 6. The number of hydrogen-bond acceptors (Lipinski definition) is 4. The van der Waals surface area contributed by atoms with Crippen LogP contribution in [-0.4, -0.2) is 36.7 Å². The van der Waals surface area contributed by atoms with Crippen molar-refractivity contribution in [3.05, 3.63) is 24.3 Å². The molecule has 1 aromatic carbocycles. The molecule has 3 N–H and O–H groups in total. The molecule has 0 aromatic heterocycles. The fourth-order valence-electron chi connectivity index (χ4n) is 2.80. The minimum Gasteiger partial charge on any atom is -0.355 e. The third-order valence-electron chi connectivity index (χ3n) is 4.36. The summed E-state index contributed by atoms with van der Waals surface area (Å²) in [4.78, 5) is 27.2. The largest absolute Gasteiger partial charge is 0.355 e. The fraction of sp³-hybridized carbons (Fsp3) is 0.529. The van der Waals surface area contributed by atoms with Crippen LogP contribution >= 0.6 is 24.2 Å². The first kappa shape index (κ1) is 19.1. The number of carbonyl (C=O) groups excluding carboxylic acids is 2. The van der Waals surface area contributed by atoms with Crippen molar-refractivity contribution < 1.29 is 9.59 Å². The second-order valence-corrected chi connectivity index (χ2v) is 7.30. The molecule has 1 unspecified atom stereocenters. The SMILES string of the molecule is Cl.NC(CNC(=O)CCC(=O)N1CCSc2ccccc21)C1CC1. The number of benzene rings is 1. The van der Waals surface area contributed by atoms with E-state index in [0.717, 1.165) is 16.3 Å². The van der Waals surface area contributed by atoms with Gasteiger partial charge in [0.2, 0.25) is 11.8 Å². The van der Waals surface area contributed by atoms with Gasteiger partial charge >= 0.3 is 0 Å². The molecule has 3 rings (SSSR count). The first-order valence-electron chi connectivity index (χ1n) is 8.19. The Kier molecular flexibility index (Phi) is 6.95. The first-order chi connectivity index (χ1) is 11.1. The van der Waals surface area contributed by atoms with E-state index < -0.39 is 0 Å². The van der Waals surface area contributed by atoms with Gasteiger partial charge in [-0.3, -0.25) is 9.59 Å². The molecule has 1 aromatic rings. The lowest BCUT2D eigenvalue weighted by Crippen LogP contribution is -2.39. The molecule has 2 amide bonds. The van der Waals surface area contributed by atoms with E-state index in [0.29, 0.717) is 19.0 Å². The van der Waals surface area contributed by atoms with Gasteiger partial charge in [0.05, 0.1) is 5.69 Å². The van der Waals surface area contributed by atoms with Gasteiger partial charge in [-0.25, -0.2) is 0 Å². The highest BCUT2D eigenvalue weighted by atomic mass is 35.5. The molecule has 0 bridgehead atoms. The van der Waals surface area contributed by atoms with E-state index in [2.05, 4.69) is 5.32 Å².